The van der Waals surface area contributed by atoms with Crippen LogP contribution in [-0.4, -0.2) is 31.8 Å². The molecule has 4 rings (SSSR count). The van der Waals surface area contributed by atoms with E-state index in [9.17, 15) is 18.0 Å². The van der Waals surface area contributed by atoms with Crippen LogP contribution in [0.3, 0.4) is 0 Å². The van der Waals surface area contributed by atoms with E-state index in [1.807, 2.05) is 12.1 Å². The Balaban J connectivity index is 1.25. The quantitative estimate of drug-likeness (QED) is 0.575. The van der Waals surface area contributed by atoms with Gasteiger partial charge in [-0.15, -0.1) is 0 Å². The Bertz CT molecular complexity index is 1100. The summed E-state index contributed by atoms with van der Waals surface area (Å²) < 4.78 is 28.4. The van der Waals surface area contributed by atoms with Gasteiger partial charge < -0.3 is 10.6 Å². The van der Waals surface area contributed by atoms with Gasteiger partial charge in [0, 0.05) is 43.5 Å². The first-order chi connectivity index (χ1) is 15.9. The van der Waals surface area contributed by atoms with Crippen molar-refractivity contribution in [2.24, 2.45) is 11.8 Å². The highest BCUT2D eigenvalue weighted by atomic mass is 32.2. The number of nitrogens with one attached hydrogen (secondary N) is 3. The third-order valence-electron chi connectivity index (χ3n) is 6.51. The number of hydrogen-bond acceptors (Lipinski definition) is 5. The molecule has 2 heterocycles. The summed E-state index contributed by atoms with van der Waals surface area (Å²) in [5, 5.41) is 5.82. The molecule has 0 bridgehead atoms. The van der Waals surface area contributed by atoms with Gasteiger partial charge in [0.2, 0.25) is 21.8 Å². The summed E-state index contributed by atoms with van der Waals surface area (Å²) in [6, 6.07) is 8.62. The number of pyridine rings is 1. The predicted octanol–water partition coefficient (Wildman–Crippen LogP) is 2.76. The average Bonchev–Trinajstić information content (AvgIpc) is 3.02. The van der Waals surface area contributed by atoms with E-state index >= 15 is 0 Å². The molecule has 1 aromatic carbocycles. The number of fused-ring (bicyclic) bond motifs is 1. The minimum absolute atomic E-state index is 0.0283. The van der Waals surface area contributed by atoms with Crippen LogP contribution in [0.5, 0.6) is 0 Å². The maximum absolute atomic E-state index is 12.8. The molecule has 2 aromatic rings. The van der Waals surface area contributed by atoms with Gasteiger partial charge >= 0.3 is 0 Å². The molecule has 1 aliphatic carbocycles. The van der Waals surface area contributed by atoms with Crippen LogP contribution in [0.1, 0.15) is 49.7 Å². The topological polar surface area (TPSA) is 117 Å². The van der Waals surface area contributed by atoms with Crippen LogP contribution in [0, 0.1) is 11.8 Å². The molecule has 176 valence electrons. The standard InChI is InChI=1S/C24H30N4O4S/c29-23-3-1-2-20-14-21(8-9-22(20)28-23)33(31,32)27-16-17-4-6-19(7-5-17)24(30)26-15-18-10-12-25-13-11-18/h8-14,17,19,27H,1-7,15-16H2,(H,26,30)(H,28,29). The lowest BCUT2D eigenvalue weighted by Crippen LogP contribution is -2.36. The molecule has 33 heavy (non-hydrogen) atoms. The Morgan fingerprint density at radius 1 is 1.06 bits per heavy atom. The number of amides is 2. The summed E-state index contributed by atoms with van der Waals surface area (Å²) in [5.41, 5.74) is 2.56. The molecule has 2 aliphatic rings. The van der Waals surface area contributed by atoms with Crippen molar-refractivity contribution in [2.75, 3.05) is 11.9 Å². The zero-order valence-corrected chi connectivity index (χ0v) is 19.4. The summed E-state index contributed by atoms with van der Waals surface area (Å²) in [6.45, 7) is 0.854. The first-order valence-electron chi connectivity index (χ1n) is 11.5. The van der Waals surface area contributed by atoms with E-state index in [0.717, 1.165) is 36.8 Å². The lowest BCUT2D eigenvalue weighted by Gasteiger charge is -2.28. The lowest BCUT2D eigenvalue weighted by molar-refractivity contribution is -0.126. The van der Waals surface area contributed by atoms with Crippen LogP contribution in [0.2, 0.25) is 0 Å². The first kappa shape index (κ1) is 23.4. The number of carbonyl (C=O) groups excluding carboxylic acids is 2. The van der Waals surface area contributed by atoms with E-state index in [1.54, 1.807) is 24.5 Å². The van der Waals surface area contributed by atoms with E-state index in [4.69, 9.17) is 0 Å². The van der Waals surface area contributed by atoms with Gasteiger partial charge in [0.15, 0.2) is 0 Å². The second kappa shape index (κ2) is 10.4. The number of nitrogens with zero attached hydrogens (tertiary/aromatic N) is 1. The van der Waals surface area contributed by atoms with E-state index in [0.29, 0.717) is 38.0 Å². The number of rotatable bonds is 7. The van der Waals surface area contributed by atoms with Crippen LogP contribution >= 0.6 is 0 Å². The van der Waals surface area contributed by atoms with Crippen LogP contribution in [0.15, 0.2) is 47.6 Å². The number of sulfonamides is 1. The van der Waals surface area contributed by atoms with Gasteiger partial charge in [0.1, 0.15) is 0 Å². The number of hydrogen-bond donors (Lipinski definition) is 3. The summed E-state index contributed by atoms with van der Waals surface area (Å²) in [5.74, 6) is 0.204. The van der Waals surface area contributed by atoms with Crippen molar-refractivity contribution in [1.82, 2.24) is 15.0 Å². The number of carbonyl (C=O) groups is 2. The van der Waals surface area contributed by atoms with Crippen LogP contribution in [0.25, 0.3) is 0 Å². The molecule has 0 saturated heterocycles. The maximum atomic E-state index is 12.8. The Hall–Kier alpha value is -2.78. The van der Waals surface area contributed by atoms with Crippen LogP contribution in [0.4, 0.5) is 5.69 Å². The molecule has 2 amide bonds. The molecule has 0 atom stereocenters. The molecule has 1 fully saturated rings. The molecular formula is C24H30N4O4S. The Morgan fingerprint density at radius 2 is 1.82 bits per heavy atom. The van der Waals surface area contributed by atoms with Crippen molar-refractivity contribution >= 4 is 27.5 Å². The van der Waals surface area contributed by atoms with E-state index < -0.39 is 10.0 Å². The highest BCUT2D eigenvalue weighted by Gasteiger charge is 2.27. The van der Waals surface area contributed by atoms with Crippen molar-refractivity contribution in [2.45, 2.75) is 56.4 Å². The predicted molar refractivity (Wildman–Crippen MR) is 125 cm³/mol. The van der Waals surface area contributed by atoms with Gasteiger partial charge in [0.05, 0.1) is 4.90 Å². The van der Waals surface area contributed by atoms with Crippen molar-refractivity contribution in [3.05, 3.63) is 53.9 Å². The minimum Gasteiger partial charge on any atom is -0.352 e. The fourth-order valence-corrected chi connectivity index (χ4v) is 5.66. The van der Waals surface area contributed by atoms with Gasteiger partial charge in [-0.3, -0.25) is 14.6 Å². The maximum Gasteiger partial charge on any atom is 0.240 e. The molecule has 9 heteroatoms. The summed E-state index contributed by atoms with van der Waals surface area (Å²) in [6.07, 6.45) is 8.37. The Kier molecular flexibility index (Phi) is 7.39. The zero-order valence-electron chi connectivity index (χ0n) is 18.5. The second-order valence-electron chi connectivity index (χ2n) is 8.86. The van der Waals surface area contributed by atoms with Crippen molar-refractivity contribution < 1.29 is 18.0 Å². The van der Waals surface area contributed by atoms with Crippen LogP contribution in [-0.2, 0) is 32.6 Å². The minimum atomic E-state index is -3.63. The first-order valence-corrected chi connectivity index (χ1v) is 13.0. The highest BCUT2D eigenvalue weighted by Crippen LogP contribution is 2.29. The van der Waals surface area contributed by atoms with Crippen molar-refractivity contribution in [3.8, 4) is 0 Å². The van der Waals surface area contributed by atoms with Crippen LogP contribution < -0.4 is 15.4 Å². The number of aromatic nitrogens is 1. The van der Waals surface area contributed by atoms with Gasteiger partial charge in [-0.05, 0) is 85.9 Å². The van der Waals surface area contributed by atoms with Gasteiger partial charge in [0.25, 0.3) is 0 Å². The van der Waals surface area contributed by atoms with E-state index in [-0.39, 0.29) is 28.5 Å². The lowest BCUT2D eigenvalue weighted by atomic mass is 9.81. The monoisotopic (exact) mass is 470 g/mol. The Morgan fingerprint density at radius 3 is 2.58 bits per heavy atom. The SMILES string of the molecule is O=C1CCCc2cc(S(=O)(=O)NCC3CCC(C(=O)NCc4ccncc4)CC3)ccc2N1. The smallest absolute Gasteiger partial charge is 0.240 e. The molecule has 1 aromatic heterocycles. The van der Waals surface area contributed by atoms with Gasteiger partial charge in [-0.25, -0.2) is 13.1 Å². The average molecular weight is 471 g/mol. The molecule has 0 radical (unpaired) electrons. The summed E-state index contributed by atoms with van der Waals surface area (Å²) in [7, 11) is -3.63. The molecule has 0 unspecified atom stereocenters. The molecule has 0 spiro atoms. The van der Waals surface area contributed by atoms with Gasteiger partial charge in [-0.2, -0.15) is 0 Å². The third-order valence-corrected chi connectivity index (χ3v) is 7.93. The van der Waals surface area contributed by atoms with Gasteiger partial charge in [-0.1, -0.05) is 0 Å². The van der Waals surface area contributed by atoms with E-state index in [2.05, 4.69) is 20.3 Å². The second-order valence-corrected chi connectivity index (χ2v) is 10.6. The summed E-state index contributed by atoms with van der Waals surface area (Å²) in [4.78, 5) is 28.4. The fourth-order valence-electron chi connectivity index (χ4n) is 4.49. The largest absolute Gasteiger partial charge is 0.352 e. The molecular weight excluding hydrogens is 440 g/mol. The molecule has 1 aliphatic heterocycles. The normalized spacial score (nSPS) is 20.9. The molecule has 1 saturated carbocycles. The van der Waals surface area contributed by atoms with Crippen molar-refractivity contribution in [3.63, 3.8) is 0 Å². The number of benzene rings is 1. The van der Waals surface area contributed by atoms with Crippen molar-refractivity contribution in [1.29, 1.82) is 0 Å². The molecule has 3 N–H and O–H groups in total. The van der Waals surface area contributed by atoms with E-state index in [1.165, 1.54) is 6.07 Å². The number of aryl methyl sites for hydroxylation is 1. The highest BCUT2D eigenvalue weighted by molar-refractivity contribution is 7.89. The third kappa shape index (κ3) is 6.17. The number of anilines is 1. The Labute approximate surface area is 194 Å². The summed E-state index contributed by atoms with van der Waals surface area (Å²) >= 11 is 0. The zero-order chi connectivity index (χ0) is 23.3. The molecule has 8 nitrogen and oxygen atoms in total. The fraction of sp³-hybridized carbons (Fsp3) is 0.458.